The normalized spacial score (nSPS) is 32.8. The van der Waals surface area contributed by atoms with Crippen LogP contribution in [0.4, 0.5) is 16.2 Å². The number of fused-ring (bicyclic) bond motifs is 3. The SMILES string of the molecule is C[C@@H]1C[C@H](N(C(=O)O)c2ccc3c(c2)[C@]2(C)CCN(C)C2N3C)C(=O)N1O. The summed E-state index contributed by atoms with van der Waals surface area (Å²) in [4.78, 5) is 30.1. The van der Waals surface area contributed by atoms with E-state index in [0.29, 0.717) is 10.8 Å². The topological polar surface area (TPSA) is 87.6 Å². The van der Waals surface area contributed by atoms with Crippen LogP contribution in [0.2, 0.25) is 0 Å². The number of likely N-dealkylation sites (N-methyl/N-ethyl adjacent to an activating group) is 2. The average Bonchev–Trinajstić information content (AvgIpc) is 3.14. The van der Waals surface area contributed by atoms with Crippen molar-refractivity contribution in [3.8, 4) is 0 Å². The third kappa shape index (κ3) is 2.36. The van der Waals surface area contributed by atoms with E-state index in [1.54, 1.807) is 13.0 Å². The number of carbonyl (C=O) groups excluding carboxylic acids is 1. The second kappa shape index (κ2) is 5.84. The Bertz CT molecular complexity index is 815. The Kier molecular flexibility index (Phi) is 3.91. The van der Waals surface area contributed by atoms with Crippen molar-refractivity contribution >= 4 is 23.4 Å². The van der Waals surface area contributed by atoms with Gasteiger partial charge < -0.3 is 10.0 Å². The molecule has 1 aromatic rings. The first kappa shape index (κ1) is 18.1. The zero-order valence-corrected chi connectivity index (χ0v) is 16.1. The van der Waals surface area contributed by atoms with Gasteiger partial charge in [-0.1, -0.05) is 6.92 Å². The first-order valence-corrected chi connectivity index (χ1v) is 9.28. The number of hydrogen-bond donors (Lipinski definition) is 2. The predicted molar refractivity (Wildman–Crippen MR) is 100 cm³/mol. The molecular weight excluding hydrogens is 348 g/mol. The molecule has 0 radical (unpaired) electrons. The second-order valence-electron chi connectivity index (χ2n) is 8.27. The van der Waals surface area contributed by atoms with Gasteiger partial charge in [-0.3, -0.25) is 19.8 Å². The van der Waals surface area contributed by atoms with Crippen LogP contribution in [0.25, 0.3) is 0 Å². The number of amides is 2. The van der Waals surface area contributed by atoms with Crippen LogP contribution in [0.15, 0.2) is 18.2 Å². The summed E-state index contributed by atoms with van der Waals surface area (Å²) in [5.74, 6) is -0.577. The van der Waals surface area contributed by atoms with Gasteiger partial charge in [0.15, 0.2) is 0 Å². The van der Waals surface area contributed by atoms with Gasteiger partial charge >= 0.3 is 6.09 Å². The minimum atomic E-state index is -1.19. The summed E-state index contributed by atoms with van der Waals surface area (Å²) in [7, 11) is 4.17. The van der Waals surface area contributed by atoms with E-state index in [0.717, 1.165) is 29.1 Å². The quantitative estimate of drug-likeness (QED) is 0.769. The van der Waals surface area contributed by atoms with Crippen molar-refractivity contribution in [1.82, 2.24) is 9.96 Å². The van der Waals surface area contributed by atoms with Crippen molar-refractivity contribution < 1.29 is 19.9 Å². The van der Waals surface area contributed by atoms with Crippen LogP contribution in [-0.2, 0) is 10.2 Å². The van der Waals surface area contributed by atoms with Crippen LogP contribution in [0, 0.1) is 0 Å². The number of hydroxylamine groups is 2. The van der Waals surface area contributed by atoms with Crippen LogP contribution in [0.5, 0.6) is 0 Å². The lowest BCUT2D eigenvalue weighted by molar-refractivity contribution is -0.164. The van der Waals surface area contributed by atoms with E-state index >= 15 is 0 Å². The molecular formula is C19H26N4O4. The number of hydrogen-bond acceptors (Lipinski definition) is 5. The number of rotatable bonds is 2. The van der Waals surface area contributed by atoms with Gasteiger partial charge in [0.25, 0.3) is 5.91 Å². The lowest BCUT2D eigenvalue weighted by atomic mass is 9.81. The molecule has 0 aromatic heterocycles. The Morgan fingerprint density at radius 1 is 1.33 bits per heavy atom. The Hall–Kier alpha value is -2.32. The van der Waals surface area contributed by atoms with Gasteiger partial charge in [-0.15, -0.1) is 0 Å². The third-order valence-electron chi connectivity index (χ3n) is 6.60. The van der Waals surface area contributed by atoms with E-state index in [4.69, 9.17) is 0 Å². The molecule has 8 nitrogen and oxygen atoms in total. The largest absolute Gasteiger partial charge is 0.465 e. The molecule has 8 heteroatoms. The molecule has 0 bridgehead atoms. The Morgan fingerprint density at radius 3 is 2.63 bits per heavy atom. The van der Waals surface area contributed by atoms with Crippen LogP contribution in [-0.4, -0.2) is 71.2 Å². The van der Waals surface area contributed by atoms with Gasteiger partial charge in [-0.2, -0.15) is 0 Å². The molecule has 2 N–H and O–H groups in total. The summed E-state index contributed by atoms with van der Waals surface area (Å²) in [6, 6.07) is 4.30. The zero-order valence-electron chi connectivity index (χ0n) is 16.1. The first-order valence-electron chi connectivity index (χ1n) is 9.28. The summed E-state index contributed by atoms with van der Waals surface area (Å²) in [6.07, 6.45) is 0.307. The number of nitrogens with zero attached hydrogens (tertiary/aromatic N) is 4. The van der Waals surface area contributed by atoms with Gasteiger partial charge in [0.05, 0.1) is 12.2 Å². The van der Waals surface area contributed by atoms with E-state index < -0.39 is 24.1 Å². The van der Waals surface area contributed by atoms with E-state index in [1.165, 1.54) is 0 Å². The van der Waals surface area contributed by atoms with Crippen LogP contribution < -0.4 is 9.80 Å². The van der Waals surface area contributed by atoms with Gasteiger partial charge in [-0.25, -0.2) is 9.86 Å². The molecule has 2 saturated heterocycles. The molecule has 3 aliphatic rings. The summed E-state index contributed by atoms with van der Waals surface area (Å²) < 4.78 is 0. The molecule has 3 heterocycles. The van der Waals surface area contributed by atoms with Crippen molar-refractivity contribution in [1.29, 1.82) is 0 Å². The van der Waals surface area contributed by atoms with Crippen molar-refractivity contribution in [2.45, 2.75) is 50.4 Å². The highest BCUT2D eigenvalue weighted by molar-refractivity contribution is 5.98. The number of carbonyl (C=O) groups is 2. The third-order valence-corrected chi connectivity index (χ3v) is 6.60. The molecule has 2 amide bonds. The minimum Gasteiger partial charge on any atom is -0.465 e. The number of benzene rings is 1. The molecule has 2 fully saturated rings. The molecule has 0 saturated carbocycles. The number of likely N-dealkylation sites (tertiary alicyclic amines) is 1. The smallest absolute Gasteiger partial charge is 0.412 e. The molecule has 1 aromatic carbocycles. The van der Waals surface area contributed by atoms with Crippen molar-refractivity contribution in [2.24, 2.45) is 0 Å². The maximum absolute atomic E-state index is 12.4. The maximum atomic E-state index is 12.4. The fourth-order valence-electron chi connectivity index (χ4n) is 5.25. The summed E-state index contributed by atoms with van der Waals surface area (Å²) in [5, 5.41) is 20.3. The number of anilines is 2. The lowest BCUT2D eigenvalue weighted by Crippen LogP contribution is -2.45. The fourth-order valence-corrected chi connectivity index (χ4v) is 5.25. The Balaban J connectivity index is 1.76. The van der Waals surface area contributed by atoms with Crippen molar-refractivity contribution in [3.05, 3.63) is 23.8 Å². The fraction of sp³-hybridized carbons (Fsp3) is 0.579. The average molecular weight is 374 g/mol. The number of carboxylic acid groups (broad SMARTS) is 1. The molecule has 0 spiro atoms. The highest BCUT2D eigenvalue weighted by Gasteiger charge is 2.52. The summed E-state index contributed by atoms with van der Waals surface area (Å²) in [6.45, 7) is 4.90. The van der Waals surface area contributed by atoms with Gasteiger partial charge in [0, 0.05) is 36.8 Å². The highest BCUT2D eigenvalue weighted by atomic mass is 16.5. The molecule has 27 heavy (non-hydrogen) atoms. The second-order valence-corrected chi connectivity index (χ2v) is 8.27. The highest BCUT2D eigenvalue weighted by Crippen LogP contribution is 2.51. The summed E-state index contributed by atoms with van der Waals surface area (Å²) in [5.41, 5.74) is 2.60. The standard InChI is InChI=1S/C19H26N4O4/c1-11-9-15(16(24)23(11)27)22(18(25)26)12-5-6-14-13(10-12)19(2)7-8-20(3)17(19)21(14)4/h5-6,10-11,15,17,27H,7-9H2,1-4H3,(H,25,26)/t11-,15+,17?,19+/m1/s1. The monoisotopic (exact) mass is 374 g/mol. The van der Waals surface area contributed by atoms with Gasteiger partial charge in [0.1, 0.15) is 6.04 Å². The van der Waals surface area contributed by atoms with Crippen LogP contribution >= 0.6 is 0 Å². The maximum Gasteiger partial charge on any atom is 0.412 e. The van der Waals surface area contributed by atoms with E-state index in [9.17, 15) is 19.9 Å². The minimum absolute atomic E-state index is 0.0883. The van der Waals surface area contributed by atoms with E-state index in [1.807, 2.05) is 12.1 Å². The predicted octanol–water partition coefficient (Wildman–Crippen LogP) is 1.92. The lowest BCUT2D eigenvalue weighted by Gasteiger charge is -2.32. The van der Waals surface area contributed by atoms with Gasteiger partial charge in [0.2, 0.25) is 0 Å². The Morgan fingerprint density at radius 2 is 2.04 bits per heavy atom. The van der Waals surface area contributed by atoms with Crippen molar-refractivity contribution in [3.63, 3.8) is 0 Å². The summed E-state index contributed by atoms with van der Waals surface area (Å²) >= 11 is 0. The van der Waals surface area contributed by atoms with Crippen LogP contribution in [0.3, 0.4) is 0 Å². The molecule has 3 aliphatic heterocycles. The van der Waals surface area contributed by atoms with E-state index in [-0.39, 0.29) is 18.0 Å². The first-order chi connectivity index (χ1) is 12.7. The zero-order chi connectivity index (χ0) is 19.7. The Labute approximate surface area is 158 Å². The molecule has 0 aliphatic carbocycles. The molecule has 4 atom stereocenters. The molecule has 146 valence electrons. The van der Waals surface area contributed by atoms with E-state index in [2.05, 4.69) is 30.8 Å². The van der Waals surface area contributed by atoms with Gasteiger partial charge in [-0.05, 0) is 44.2 Å². The molecule has 4 rings (SSSR count). The molecule has 1 unspecified atom stereocenters. The van der Waals surface area contributed by atoms with Crippen LogP contribution in [0.1, 0.15) is 32.3 Å². The van der Waals surface area contributed by atoms with Crippen molar-refractivity contribution in [2.75, 3.05) is 30.4 Å².